The van der Waals surface area contributed by atoms with Crippen molar-refractivity contribution in [2.75, 3.05) is 5.32 Å². The minimum Gasteiger partial charge on any atom is -0.376 e. The van der Waals surface area contributed by atoms with E-state index in [0.717, 1.165) is 10.2 Å². The van der Waals surface area contributed by atoms with Gasteiger partial charge in [0.1, 0.15) is 0 Å². The Morgan fingerprint density at radius 2 is 2.06 bits per heavy atom. The molecule has 0 saturated carbocycles. The quantitative estimate of drug-likeness (QED) is 0.907. The van der Waals surface area contributed by atoms with Crippen molar-refractivity contribution < 1.29 is 0 Å². The number of hydrogen-bond donors (Lipinski definition) is 1. The molecule has 3 nitrogen and oxygen atoms in total. The van der Waals surface area contributed by atoms with Crippen LogP contribution in [0, 0.1) is 0 Å². The lowest BCUT2D eigenvalue weighted by molar-refractivity contribution is 0.532. The Labute approximate surface area is 116 Å². The van der Waals surface area contributed by atoms with Gasteiger partial charge in [-0.15, -0.1) is 0 Å². The molecule has 1 aromatic heterocycles. The van der Waals surface area contributed by atoms with Crippen LogP contribution in [0.25, 0.3) is 0 Å². The van der Waals surface area contributed by atoms with Gasteiger partial charge < -0.3 is 5.32 Å². The zero-order chi connectivity index (χ0) is 13.1. The highest BCUT2D eigenvalue weighted by Crippen LogP contribution is 2.22. The van der Waals surface area contributed by atoms with Crippen LogP contribution in [0.2, 0.25) is 0 Å². The molecule has 0 aliphatic carbocycles. The first-order valence-corrected chi connectivity index (χ1v) is 6.91. The maximum atomic E-state index is 4.32. The molecule has 4 heteroatoms. The lowest BCUT2D eigenvalue weighted by Gasteiger charge is -2.14. The van der Waals surface area contributed by atoms with Crippen molar-refractivity contribution in [2.24, 2.45) is 0 Å². The van der Waals surface area contributed by atoms with E-state index < -0.39 is 0 Å². The van der Waals surface area contributed by atoms with Gasteiger partial charge in [-0.1, -0.05) is 28.1 Å². The normalized spacial score (nSPS) is 12.7. The van der Waals surface area contributed by atoms with E-state index in [2.05, 4.69) is 65.3 Å². The molecular weight excluding hydrogens is 290 g/mol. The monoisotopic (exact) mass is 307 g/mol. The van der Waals surface area contributed by atoms with Crippen LogP contribution in [-0.4, -0.2) is 9.78 Å². The van der Waals surface area contributed by atoms with Gasteiger partial charge in [0, 0.05) is 22.8 Å². The number of nitrogens with one attached hydrogen (secondary N) is 1. The predicted molar refractivity (Wildman–Crippen MR) is 78.8 cm³/mol. The minimum absolute atomic E-state index is 0.257. The van der Waals surface area contributed by atoms with Crippen LogP contribution in [0.5, 0.6) is 0 Å². The summed E-state index contributed by atoms with van der Waals surface area (Å²) in [6, 6.07) is 8.98. The zero-order valence-corrected chi connectivity index (χ0v) is 12.5. The third-order valence-corrected chi connectivity index (χ3v) is 3.36. The van der Waals surface area contributed by atoms with Crippen molar-refractivity contribution in [1.29, 1.82) is 0 Å². The van der Waals surface area contributed by atoms with Crippen LogP contribution in [0.15, 0.2) is 41.1 Å². The lowest BCUT2D eigenvalue weighted by Crippen LogP contribution is -2.06. The molecule has 0 spiro atoms. The Kier molecular flexibility index (Phi) is 4.07. The largest absolute Gasteiger partial charge is 0.376 e. The number of aromatic nitrogens is 2. The topological polar surface area (TPSA) is 29.9 Å². The Bertz CT molecular complexity index is 519. The lowest BCUT2D eigenvalue weighted by atomic mass is 10.1. The average Bonchev–Trinajstić information content (AvgIpc) is 2.77. The van der Waals surface area contributed by atoms with Crippen molar-refractivity contribution in [3.05, 3.63) is 46.7 Å². The summed E-state index contributed by atoms with van der Waals surface area (Å²) >= 11 is 3.49. The molecule has 1 atom stereocenters. The second kappa shape index (κ2) is 5.57. The standard InChI is InChI=1S/C14H18BrN3/c1-10(2)18-9-14(8-16-18)17-11(3)12-5-4-6-13(15)7-12/h4-11,17H,1-3H3. The smallest absolute Gasteiger partial charge is 0.0731 e. The van der Waals surface area contributed by atoms with Gasteiger partial charge in [0.05, 0.1) is 11.9 Å². The van der Waals surface area contributed by atoms with E-state index in [9.17, 15) is 0 Å². The highest BCUT2D eigenvalue weighted by molar-refractivity contribution is 9.10. The second-order valence-electron chi connectivity index (χ2n) is 4.72. The molecule has 0 amide bonds. The number of nitrogens with zero attached hydrogens (tertiary/aromatic N) is 2. The fourth-order valence-corrected chi connectivity index (χ4v) is 2.22. The Hall–Kier alpha value is -1.29. The summed E-state index contributed by atoms with van der Waals surface area (Å²) in [5.41, 5.74) is 2.30. The summed E-state index contributed by atoms with van der Waals surface area (Å²) in [6.07, 6.45) is 3.91. The van der Waals surface area contributed by atoms with Crippen molar-refractivity contribution in [2.45, 2.75) is 32.9 Å². The molecule has 1 N–H and O–H groups in total. The first kappa shape index (κ1) is 13.1. The van der Waals surface area contributed by atoms with E-state index in [1.54, 1.807) is 0 Å². The van der Waals surface area contributed by atoms with E-state index in [-0.39, 0.29) is 6.04 Å². The number of anilines is 1. The van der Waals surface area contributed by atoms with Crippen LogP contribution >= 0.6 is 15.9 Å². The maximum Gasteiger partial charge on any atom is 0.0731 e. The van der Waals surface area contributed by atoms with Gasteiger partial charge in [-0.25, -0.2) is 0 Å². The molecular formula is C14H18BrN3. The Morgan fingerprint density at radius 1 is 1.28 bits per heavy atom. The molecule has 0 aliphatic heterocycles. The average molecular weight is 308 g/mol. The van der Waals surface area contributed by atoms with Crippen molar-refractivity contribution in [3.8, 4) is 0 Å². The van der Waals surface area contributed by atoms with E-state index in [1.165, 1.54) is 5.56 Å². The summed E-state index contributed by atoms with van der Waals surface area (Å²) < 4.78 is 3.06. The Balaban J connectivity index is 2.08. The molecule has 2 aromatic rings. The van der Waals surface area contributed by atoms with Gasteiger partial charge in [-0.2, -0.15) is 5.10 Å². The summed E-state index contributed by atoms with van der Waals surface area (Å²) in [5, 5.41) is 7.78. The van der Waals surface area contributed by atoms with Gasteiger partial charge >= 0.3 is 0 Å². The maximum absolute atomic E-state index is 4.32. The van der Waals surface area contributed by atoms with Crippen molar-refractivity contribution in [1.82, 2.24) is 9.78 Å². The van der Waals surface area contributed by atoms with E-state index in [4.69, 9.17) is 0 Å². The van der Waals surface area contributed by atoms with E-state index in [1.807, 2.05) is 23.1 Å². The molecule has 0 fully saturated rings. The highest BCUT2D eigenvalue weighted by Gasteiger charge is 2.07. The van der Waals surface area contributed by atoms with Crippen LogP contribution in [0.1, 0.15) is 38.4 Å². The van der Waals surface area contributed by atoms with Crippen molar-refractivity contribution in [3.63, 3.8) is 0 Å². The molecule has 96 valence electrons. The molecule has 0 bridgehead atoms. The van der Waals surface area contributed by atoms with Gasteiger partial charge in [-0.05, 0) is 38.5 Å². The molecule has 0 radical (unpaired) electrons. The predicted octanol–water partition coefficient (Wildman–Crippen LogP) is 4.40. The fourth-order valence-electron chi connectivity index (χ4n) is 1.80. The van der Waals surface area contributed by atoms with Gasteiger partial charge in [-0.3, -0.25) is 4.68 Å². The molecule has 1 aromatic carbocycles. The molecule has 18 heavy (non-hydrogen) atoms. The first-order chi connectivity index (χ1) is 8.56. The summed E-state index contributed by atoms with van der Waals surface area (Å²) in [6.45, 7) is 6.39. The minimum atomic E-state index is 0.257. The molecule has 0 aliphatic rings. The van der Waals surface area contributed by atoms with E-state index >= 15 is 0 Å². The SMILES string of the molecule is CC(Nc1cnn(C(C)C)c1)c1cccc(Br)c1. The van der Waals surface area contributed by atoms with Crippen LogP contribution in [-0.2, 0) is 0 Å². The summed E-state index contributed by atoms with van der Waals surface area (Å²) in [4.78, 5) is 0. The number of rotatable bonds is 4. The first-order valence-electron chi connectivity index (χ1n) is 6.12. The number of hydrogen-bond acceptors (Lipinski definition) is 2. The van der Waals surface area contributed by atoms with E-state index in [0.29, 0.717) is 6.04 Å². The molecule has 2 rings (SSSR count). The zero-order valence-electron chi connectivity index (χ0n) is 10.9. The summed E-state index contributed by atoms with van der Waals surface area (Å²) in [5.74, 6) is 0. The van der Waals surface area contributed by atoms with Crippen molar-refractivity contribution >= 4 is 21.6 Å². The highest BCUT2D eigenvalue weighted by atomic mass is 79.9. The third-order valence-electron chi connectivity index (χ3n) is 2.86. The number of halogens is 1. The van der Waals surface area contributed by atoms with Crippen LogP contribution < -0.4 is 5.32 Å². The van der Waals surface area contributed by atoms with Crippen LogP contribution in [0.3, 0.4) is 0 Å². The summed E-state index contributed by atoms with van der Waals surface area (Å²) in [7, 11) is 0. The molecule has 0 saturated heterocycles. The Morgan fingerprint density at radius 3 is 2.67 bits per heavy atom. The third kappa shape index (κ3) is 3.13. The van der Waals surface area contributed by atoms with Gasteiger partial charge in [0.15, 0.2) is 0 Å². The van der Waals surface area contributed by atoms with Gasteiger partial charge in [0.25, 0.3) is 0 Å². The van der Waals surface area contributed by atoms with Crippen LogP contribution in [0.4, 0.5) is 5.69 Å². The second-order valence-corrected chi connectivity index (χ2v) is 5.64. The number of benzene rings is 1. The van der Waals surface area contributed by atoms with Gasteiger partial charge in [0.2, 0.25) is 0 Å². The fraction of sp³-hybridized carbons (Fsp3) is 0.357. The molecule has 1 unspecified atom stereocenters. The molecule has 1 heterocycles.